The summed E-state index contributed by atoms with van der Waals surface area (Å²) in [6.45, 7) is 0.566. The average molecular weight is 273 g/mol. The largest absolute Gasteiger partial charge is 0.493 e. The Kier molecular flexibility index (Phi) is 5.44. The fourth-order valence-corrected chi connectivity index (χ4v) is 2.51. The first-order chi connectivity index (χ1) is 9.79. The van der Waals surface area contributed by atoms with Crippen LogP contribution in [0.4, 0.5) is 0 Å². The van der Waals surface area contributed by atoms with Crippen molar-refractivity contribution in [2.45, 2.75) is 32.1 Å². The fourth-order valence-electron chi connectivity index (χ4n) is 2.51. The lowest BCUT2D eigenvalue weighted by atomic mass is 9.90. The Morgan fingerprint density at radius 3 is 2.90 bits per heavy atom. The molecule has 0 aromatic heterocycles. The molecule has 0 unspecified atom stereocenters. The van der Waals surface area contributed by atoms with Gasteiger partial charge in [-0.15, -0.1) is 0 Å². The van der Waals surface area contributed by atoms with Gasteiger partial charge in [-0.3, -0.25) is 4.79 Å². The maximum Gasteiger partial charge on any atom is 0.168 e. The Labute approximate surface area is 118 Å². The number of benzene rings is 1. The Morgan fingerprint density at radius 2 is 2.15 bits per heavy atom. The lowest BCUT2D eigenvalue weighted by Crippen LogP contribution is -2.15. The normalized spacial score (nSPS) is 15.4. The maximum absolute atomic E-state index is 11.7. The van der Waals surface area contributed by atoms with Gasteiger partial charge in [0.1, 0.15) is 5.75 Å². The minimum absolute atomic E-state index is 0.150. The molecule has 0 amide bonds. The quantitative estimate of drug-likeness (QED) is 0.338. The standard InChI is InChI=1S/C15H19N3O2/c16-18-17-10-15(19)13-7-4-8-14(9-13)20-11-12-5-2-1-3-6-12/h4,7-9,12H,1-3,5-6,10-11H2. The number of hydrogen-bond acceptors (Lipinski definition) is 3. The summed E-state index contributed by atoms with van der Waals surface area (Å²) >= 11 is 0. The molecular weight excluding hydrogens is 254 g/mol. The van der Waals surface area contributed by atoms with Crippen LogP contribution < -0.4 is 4.74 Å². The van der Waals surface area contributed by atoms with E-state index in [0.717, 1.165) is 0 Å². The SMILES string of the molecule is [N-]=[N+]=NCC(=O)c1cccc(OCC2CCCCC2)c1. The zero-order chi connectivity index (χ0) is 14.2. The number of rotatable bonds is 6. The van der Waals surface area contributed by atoms with Gasteiger partial charge in [-0.2, -0.15) is 0 Å². The summed E-state index contributed by atoms with van der Waals surface area (Å²) in [6, 6.07) is 7.08. The van der Waals surface area contributed by atoms with E-state index < -0.39 is 0 Å². The van der Waals surface area contributed by atoms with Crippen LogP contribution in [0.25, 0.3) is 10.4 Å². The Morgan fingerprint density at radius 1 is 1.35 bits per heavy atom. The highest BCUT2D eigenvalue weighted by Gasteiger charge is 2.14. The van der Waals surface area contributed by atoms with Crippen LogP contribution in [0, 0.1) is 5.92 Å². The summed E-state index contributed by atoms with van der Waals surface area (Å²) in [6.07, 6.45) is 6.38. The Balaban J connectivity index is 1.91. The predicted octanol–water partition coefficient (Wildman–Crippen LogP) is 4.14. The molecule has 1 saturated carbocycles. The van der Waals surface area contributed by atoms with Gasteiger partial charge in [0.25, 0.3) is 0 Å². The van der Waals surface area contributed by atoms with Crippen molar-refractivity contribution in [3.63, 3.8) is 0 Å². The second kappa shape index (κ2) is 7.56. The summed E-state index contributed by atoms with van der Waals surface area (Å²) in [5.41, 5.74) is 8.75. The van der Waals surface area contributed by atoms with Crippen LogP contribution in [0.3, 0.4) is 0 Å². The third kappa shape index (κ3) is 4.28. The first-order valence-electron chi connectivity index (χ1n) is 7.06. The molecule has 0 heterocycles. The highest BCUT2D eigenvalue weighted by atomic mass is 16.5. The summed E-state index contributed by atoms with van der Waals surface area (Å²) < 4.78 is 5.79. The number of ether oxygens (including phenoxy) is 1. The van der Waals surface area contributed by atoms with E-state index >= 15 is 0 Å². The molecule has 5 heteroatoms. The average Bonchev–Trinajstić information content (AvgIpc) is 2.52. The van der Waals surface area contributed by atoms with Crippen LogP contribution >= 0.6 is 0 Å². The molecule has 0 N–H and O–H groups in total. The number of Topliss-reactive ketones (excluding diaryl/α,β-unsaturated/α-hetero) is 1. The summed E-state index contributed by atoms with van der Waals surface area (Å²) in [5.74, 6) is 1.15. The minimum atomic E-state index is -0.189. The molecule has 106 valence electrons. The van der Waals surface area contributed by atoms with Gasteiger partial charge in [-0.1, -0.05) is 36.5 Å². The summed E-state index contributed by atoms with van der Waals surface area (Å²) in [5, 5.41) is 3.29. The topological polar surface area (TPSA) is 75.1 Å². The first kappa shape index (κ1) is 14.4. The van der Waals surface area contributed by atoms with Crippen LogP contribution in [-0.4, -0.2) is 18.9 Å². The lowest BCUT2D eigenvalue weighted by molar-refractivity contribution is 0.100. The molecule has 1 aromatic carbocycles. The number of carbonyl (C=O) groups is 1. The van der Waals surface area contributed by atoms with Gasteiger partial charge in [0.05, 0.1) is 13.2 Å². The van der Waals surface area contributed by atoms with Gasteiger partial charge in [-0.05, 0) is 36.4 Å². The van der Waals surface area contributed by atoms with Crippen molar-refractivity contribution in [3.05, 3.63) is 40.3 Å². The highest BCUT2D eigenvalue weighted by molar-refractivity contribution is 5.98. The van der Waals surface area contributed by atoms with Gasteiger partial charge >= 0.3 is 0 Å². The molecule has 0 bridgehead atoms. The Hall–Kier alpha value is -2.00. The number of carbonyl (C=O) groups excluding carboxylic acids is 1. The van der Waals surface area contributed by atoms with Gasteiger partial charge in [0, 0.05) is 10.5 Å². The van der Waals surface area contributed by atoms with Crippen molar-refractivity contribution in [3.8, 4) is 5.75 Å². The summed E-state index contributed by atoms with van der Waals surface area (Å²) in [4.78, 5) is 14.3. The lowest BCUT2D eigenvalue weighted by Gasteiger charge is -2.21. The zero-order valence-electron chi connectivity index (χ0n) is 11.5. The van der Waals surface area contributed by atoms with E-state index in [1.54, 1.807) is 18.2 Å². The van der Waals surface area contributed by atoms with E-state index in [2.05, 4.69) is 10.0 Å². The van der Waals surface area contributed by atoms with E-state index in [1.165, 1.54) is 32.1 Å². The van der Waals surface area contributed by atoms with Crippen molar-refractivity contribution in [2.24, 2.45) is 11.0 Å². The van der Waals surface area contributed by atoms with Crippen molar-refractivity contribution in [1.29, 1.82) is 0 Å². The molecule has 0 atom stereocenters. The van der Waals surface area contributed by atoms with Gasteiger partial charge in [-0.25, -0.2) is 0 Å². The van der Waals surface area contributed by atoms with Crippen LogP contribution in [0.1, 0.15) is 42.5 Å². The van der Waals surface area contributed by atoms with Crippen LogP contribution in [0.2, 0.25) is 0 Å². The van der Waals surface area contributed by atoms with E-state index in [4.69, 9.17) is 10.3 Å². The Bertz CT molecular complexity index is 504. The van der Waals surface area contributed by atoms with Crippen molar-refractivity contribution in [1.82, 2.24) is 0 Å². The van der Waals surface area contributed by atoms with Gasteiger partial charge in [0.2, 0.25) is 0 Å². The van der Waals surface area contributed by atoms with Crippen LogP contribution in [-0.2, 0) is 0 Å². The van der Waals surface area contributed by atoms with Crippen molar-refractivity contribution in [2.75, 3.05) is 13.2 Å². The highest BCUT2D eigenvalue weighted by Crippen LogP contribution is 2.24. The molecule has 5 nitrogen and oxygen atoms in total. The maximum atomic E-state index is 11.7. The van der Waals surface area contributed by atoms with Gasteiger partial charge < -0.3 is 4.74 Å². The number of nitrogens with zero attached hydrogens (tertiary/aromatic N) is 3. The van der Waals surface area contributed by atoms with Gasteiger partial charge in [0.15, 0.2) is 5.78 Å². The smallest absolute Gasteiger partial charge is 0.168 e. The molecule has 0 saturated heterocycles. The third-order valence-electron chi connectivity index (χ3n) is 3.64. The van der Waals surface area contributed by atoms with Crippen molar-refractivity contribution < 1.29 is 9.53 Å². The van der Waals surface area contributed by atoms with E-state index in [1.807, 2.05) is 6.07 Å². The first-order valence-corrected chi connectivity index (χ1v) is 7.06. The molecule has 1 aliphatic rings. The van der Waals surface area contributed by atoms with Crippen LogP contribution in [0.5, 0.6) is 5.75 Å². The molecule has 2 rings (SSSR count). The fraction of sp³-hybridized carbons (Fsp3) is 0.533. The minimum Gasteiger partial charge on any atom is -0.493 e. The number of hydrogen-bond donors (Lipinski definition) is 0. The second-order valence-corrected chi connectivity index (χ2v) is 5.16. The molecule has 1 aliphatic carbocycles. The number of azide groups is 1. The number of ketones is 1. The van der Waals surface area contributed by atoms with E-state index in [0.29, 0.717) is 23.8 Å². The molecule has 0 radical (unpaired) electrons. The molecule has 0 aliphatic heterocycles. The van der Waals surface area contributed by atoms with Crippen LogP contribution in [0.15, 0.2) is 29.4 Å². The van der Waals surface area contributed by atoms with Crippen molar-refractivity contribution >= 4 is 5.78 Å². The molecular formula is C15H19N3O2. The second-order valence-electron chi connectivity index (χ2n) is 5.16. The van der Waals surface area contributed by atoms with E-state index in [9.17, 15) is 4.79 Å². The van der Waals surface area contributed by atoms with E-state index in [-0.39, 0.29) is 12.3 Å². The molecule has 20 heavy (non-hydrogen) atoms. The predicted molar refractivity (Wildman–Crippen MR) is 76.9 cm³/mol. The zero-order valence-corrected chi connectivity index (χ0v) is 11.5. The monoisotopic (exact) mass is 273 g/mol. The molecule has 0 spiro atoms. The summed E-state index contributed by atoms with van der Waals surface area (Å²) in [7, 11) is 0. The molecule has 1 fully saturated rings. The molecule has 1 aromatic rings. The third-order valence-corrected chi connectivity index (χ3v) is 3.64.